The van der Waals surface area contributed by atoms with Crippen molar-refractivity contribution in [2.75, 3.05) is 11.1 Å². The highest BCUT2D eigenvalue weighted by Crippen LogP contribution is 2.19. The molecule has 0 fully saturated rings. The quantitative estimate of drug-likeness (QED) is 0.715. The highest BCUT2D eigenvalue weighted by atomic mass is 35.5. The van der Waals surface area contributed by atoms with Gasteiger partial charge < -0.3 is 11.1 Å². The molecule has 7 nitrogen and oxygen atoms in total. The summed E-state index contributed by atoms with van der Waals surface area (Å²) in [7, 11) is 0. The van der Waals surface area contributed by atoms with Crippen LogP contribution < -0.4 is 11.1 Å². The van der Waals surface area contributed by atoms with Crippen LogP contribution in [0.25, 0.3) is 11.5 Å². The third-order valence-electron chi connectivity index (χ3n) is 2.58. The number of hydrogen-bond acceptors (Lipinski definition) is 7. The average molecular weight is 318 g/mol. The van der Waals surface area contributed by atoms with Gasteiger partial charge in [-0.1, -0.05) is 17.7 Å². The molecule has 0 aromatic carbocycles. The number of pyridine rings is 2. The Morgan fingerprint density at radius 2 is 1.91 bits per heavy atom. The Bertz CT molecular complexity index is 810. The van der Waals surface area contributed by atoms with Crippen LogP contribution >= 0.6 is 11.6 Å². The van der Waals surface area contributed by atoms with Crippen molar-refractivity contribution in [2.24, 2.45) is 0 Å². The van der Waals surface area contributed by atoms with Gasteiger partial charge in [0.2, 0.25) is 17.8 Å². The third kappa shape index (κ3) is 3.23. The van der Waals surface area contributed by atoms with Gasteiger partial charge in [-0.25, -0.2) is 9.97 Å². The van der Waals surface area contributed by atoms with Gasteiger partial charge in [-0.3, -0.25) is 0 Å². The maximum Gasteiger partial charge on any atom is 0.232 e. The monoisotopic (exact) mass is 317 g/mol. The molecule has 3 N–H and O–H groups in total. The molecule has 3 rings (SSSR count). The fourth-order valence-corrected chi connectivity index (χ4v) is 1.84. The summed E-state index contributed by atoms with van der Waals surface area (Å²) in [6.07, 6.45) is 1.31. The Hall–Kier alpha value is -2.87. The fraction of sp³-hybridized carbons (Fsp3) is 0. The first-order chi connectivity index (χ1) is 10.6. The molecular weight excluding hydrogens is 309 g/mol. The zero-order valence-electron chi connectivity index (χ0n) is 11.0. The van der Waals surface area contributed by atoms with E-state index in [1.807, 2.05) is 0 Å². The summed E-state index contributed by atoms with van der Waals surface area (Å²) in [5, 5.41) is 3.18. The summed E-state index contributed by atoms with van der Waals surface area (Å²) >= 11 is 5.85. The Morgan fingerprint density at radius 3 is 2.64 bits per heavy atom. The predicted octanol–water partition coefficient (Wildman–Crippen LogP) is 2.45. The van der Waals surface area contributed by atoms with E-state index in [9.17, 15) is 4.39 Å². The second-order valence-electron chi connectivity index (χ2n) is 4.18. The lowest BCUT2D eigenvalue weighted by Gasteiger charge is -2.07. The van der Waals surface area contributed by atoms with Crippen molar-refractivity contribution in [1.29, 1.82) is 0 Å². The summed E-state index contributed by atoms with van der Waals surface area (Å²) < 4.78 is 12.8. The molecule has 110 valence electrons. The molecule has 0 amide bonds. The largest absolute Gasteiger partial charge is 0.368 e. The summed E-state index contributed by atoms with van der Waals surface area (Å²) in [6, 6.07) is 7.77. The molecule has 0 radical (unpaired) electrons. The molecule has 0 aliphatic rings. The first-order valence-electron chi connectivity index (χ1n) is 6.13. The number of halogens is 2. The van der Waals surface area contributed by atoms with Gasteiger partial charge in [0.25, 0.3) is 0 Å². The summed E-state index contributed by atoms with van der Waals surface area (Å²) in [5.74, 6) is -0.0980. The van der Waals surface area contributed by atoms with E-state index in [1.165, 1.54) is 18.3 Å². The van der Waals surface area contributed by atoms with E-state index in [0.29, 0.717) is 16.5 Å². The lowest BCUT2D eigenvalue weighted by molar-refractivity contribution is 0.584. The molecule has 3 aromatic rings. The highest BCUT2D eigenvalue weighted by molar-refractivity contribution is 6.29. The topological polar surface area (TPSA) is 102 Å². The van der Waals surface area contributed by atoms with Gasteiger partial charge in [-0.15, -0.1) is 0 Å². The van der Waals surface area contributed by atoms with Crippen molar-refractivity contribution in [3.05, 3.63) is 47.6 Å². The van der Waals surface area contributed by atoms with Gasteiger partial charge in [0, 0.05) is 0 Å². The minimum atomic E-state index is -0.579. The third-order valence-corrected chi connectivity index (χ3v) is 2.79. The number of aromatic nitrogens is 5. The molecule has 0 saturated heterocycles. The van der Waals surface area contributed by atoms with Gasteiger partial charge in [0.05, 0.1) is 11.9 Å². The van der Waals surface area contributed by atoms with E-state index in [2.05, 4.69) is 30.2 Å². The van der Waals surface area contributed by atoms with Gasteiger partial charge in [-0.05, 0) is 24.3 Å². The molecule has 0 saturated carbocycles. The molecule has 0 atom stereocenters. The van der Waals surface area contributed by atoms with Crippen LogP contribution in [0.1, 0.15) is 0 Å². The van der Waals surface area contributed by atoms with Crippen LogP contribution in [0.4, 0.5) is 22.0 Å². The molecule has 9 heteroatoms. The van der Waals surface area contributed by atoms with Gasteiger partial charge in [0.15, 0.2) is 5.82 Å². The van der Waals surface area contributed by atoms with Crippen molar-refractivity contribution in [3.8, 4) is 11.5 Å². The molecule has 22 heavy (non-hydrogen) atoms. The predicted molar refractivity (Wildman–Crippen MR) is 80.0 cm³/mol. The maximum absolute atomic E-state index is 12.8. The van der Waals surface area contributed by atoms with Crippen LogP contribution in [0.2, 0.25) is 5.15 Å². The van der Waals surface area contributed by atoms with Crippen molar-refractivity contribution < 1.29 is 4.39 Å². The first kappa shape index (κ1) is 14.1. The number of rotatable bonds is 3. The minimum absolute atomic E-state index is 0.0179. The Kier molecular flexibility index (Phi) is 3.75. The molecular formula is C13H9ClFN7. The molecule has 3 heterocycles. The fourth-order valence-electron chi connectivity index (χ4n) is 1.67. The van der Waals surface area contributed by atoms with Crippen LogP contribution in [0.15, 0.2) is 36.5 Å². The molecule has 0 aliphatic heterocycles. The summed E-state index contributed by atoms with van der Waals surface area (Å²) in [4.78, 5) is 19.8. The summed E-state index contributed by atoms with van der Waals surface area (Å²) in [5.41, 5.74) is 6.65. The Labute approximate surface area is 129 Å². The van der Waals surface area contributed by atoms with Crippen LogP contribution in [-0.4, -0.2) is 24.9 Å². The Morgan fingerprint density at radius 1 is 1.05 bits per heavy atom. The number of anilines is 3. The maximum atomic E-state index is 12.8. The number of nitrogens with zero attached hydrogens (tertiary/aromatic N) is 5. The minimum Gasteiger partial charge on any atom is -0.368 e. The van der Waals surface area contributed by atoms with Crippen molar-refractivity contribution in [2.45, 2.75) is 0 Å². The van der Waals surface area contributed by atoms with E-state index in [1.54, 1.807) is 18.2 Å². The second-order valence-corrected chi connectivity index (χ2v) is 4.57. The van der Waals surface area contributed by atoms with Gasteiger partial charge >= 0.3 is 0 Å². The average Bonchev–Trinajstić information content (AvgIpc) is 2.49. The molecule has 0 bridgehead atoms. The smallest absolute Gasteiger partial charge is 0.232 e. The number of nitrogens with one attached hydrogen (secondary N) is 1. The van der Waals surface area contributed by atoms with Crippen molar-refractivity contribution in [1.82, 2.24) is 24.9 Å². The number of nitrogens with two attached hydrogens (primary N) is 1. The lowest BCUT2D eigenvalue weighted by atomic mass is 10.3. The zero-order valence-corrected chi connectivity index (χ0v) is 11.8. The van der Waals surface area contributed by atoms with Crippen LogP contribution in [-0.2, 0) is 0 Å². The Balaban J connectivity index is 1.94. The van der Waals surface area contributed by atoms with E-state index in [-0.39, 0.29) is 17.7 Å². The van der Waals surface area contributed by atoms with Crippen LogP contribution in [0.5, 0.6) is 0 Å². The number of hydrogen-bond donors (Lipinski definition) is 2. The SMILES string of the molecule is Nc1nc(Nc2ccc(F)nc2)nc(-c2cccc(Cl)n2)n1. The number of nitrogen functional groups attached to an aromatic ring is 1. The normalized spacial score (nSPS) is 10.5. The highest BCUT2D eigenvalue weighted by Gasteiger charge is 2.09. The van der Waals surface area contributed by atoms with E-state index in [0.717, 1.165) is 0 Å². The van der Waals surface area contributed by atoms with Crippen LogP contribution in [0.3, 0.4) is 0 Å². The van der Waals surface area contributed by atoms with E-state index in [4.69, 9.17) is 17.3 Å². The standard InChI is InChI=1S/C13H9ClFN7/c14-9-3-1-2-8(19-9)11-20-12(16)22-13(21-11)18-7-4-5-10(15)17-6-7/h1-6H,(H3,16,18,20,21,22). The molecule has 0 unspecified atom stereocenters. The van der Waals surface area contributed by atoms with Crippen molar-refractivity contribution in [3.63, 3.8) is 0 Å². The molecule has 3 aromatic heterocycles. The molecule has 0 aliphatic carbocycles. The van der Waals surface area contributed by atoms with E-state index < -0.39 is 5.95 Å². The first-order valence-corrected chi connectivity index (χ1v) is 6.51. The van der Waals surface area contributed by atoms with Crippen LogP contribution in [0, 0.1) is 5.95 Å². The zero-order chi connectivity index (χ0) is 15.5. The lowest BCUT2D eigenvalue weighted by Crippen LogP contribution is -2.05. The van der Waals surface area contributed by atoms with E-state index >= 15 is 0 Å². The van der Waals surface area contributed by atoms with Gasteiger partial charge in [-0.2, -0.15) is 19.3 Å². The van der Waals surface area contributed by atoms with Gasteiger partial charge in [0.1, 0.15) is 10.8 Å². The summed E-state index contributed by atoms with van der Waals surface area (Å²) in [6.45, 7) is 0. The second kappa shape index (κ2) is 5.86. The molecule has 0 spiro atoms. The van der Waals surface area contributed by atoms with Crippen molar-refractivity contribution >= 4 is 29.2 Å².